The molecule has 1 fully saturated rings. The van der Waals surface area contributed by atoms with Crippen LogP contribution >= 0.6 is 0 Å². The third-order valence-electron chi connectivity index (χ3n) is 8.21. The summed E-state index contributed by atoms with van der Waals surface area (Å²) in [7, 11) is 0. The Labute approximate surface area is 270 Å². The number of ether oxygens (including phenoxy) is 1. The Morgan fingerprint density at radius 3 is 2.32 bits per heavy atom. The monoisotopic (exact) mass is 639 g/mol. The number of benzene rings is 2. The van der Waals surface area contributed by atoms with E-state index in [1.54, 1.807) is 13.3 Å². The molecule has 4 atom stereocenters. The van der Waals surface area contributed by atoms with Crippen molar-refractivity contribution in [1.82, 2.24) is 40.1 Å². The molecule has 6 rings (SSSR count). The number of anilines is 1. The Morgan fingerprint density at radius 1 is 0.979 bits per heavy atom. The minimum atomic E-state index is -1.49. The number of carbonyl (C=O) groups is 2. The Kier molecular flexibility index (Phi) is 9.52. The van der Waals surface area contributed by atoms with Crippen LogP contribution in [0, 0.1) is 6.92 Å². The van der Waals surface area contributed by atoms with Gasteiger partial charge in [0, 0.05) is 37.7 Å². The summed E-state index contributed by atoms with van der Waals surface area (Å²) in [4.78, 5) is 46.9. The van der Waals surface area contributed by atoms with E-state index in [2.05, 4.69) is 65.1 Å². The van der Waals surface area contributed by atoms with Crippen LogP contribution in [-0.4, -0.2) is 89.5 Å². The van der Waals surface area contributed by atoms with Gasteiger partial charge in [-0.25, -0.2) is 19.9 Å². The van der Waals surface area contributed by atoms with E-state index in [-0.39, 0.29) is 17.4 Å². The van der Waals surface area contributed by atoms with Crippen molar-refractivity contribution in [2.45, 2.75) is 50.7 Å². The lowest BCUT2D eigenvalue weighted by molar-refractivity contribution is -0.137. The van der Waals surface area contributed by atoms with Gasteiger partial charge in [0.25, 0.3) is 11.8 Å². The van der Waals surface area contributed by atoms with Crippen LogP contribution in [0.1, 0.15) is 52.2 Å². The summed E-state index contributed by atoms with van der Waals surface area (Å²) < 4.78 is 7.25. The Balaban J connectivity index is 1.33. The third-order valence-corrected chi connectivity index (χ3v) is 8.21. The number of carbonyl (C=O) groups excluding carboxylic acids is 2. The number of aromatic nitrogens is 6. The molecule has 14 heteroatoms. The number of amides is 2. The summed E-state index contributed by atoms with van der Waals surface area (Å²) in [5.74, 6) is -0.974. The van der Waals surface area contributed by atoms with E-state index in [9.17, 15) is 19.8 Å². The summed E-state index contributed by atoms with van der Waals surface area (Å²) >= 11 is 0. The van der Waals surface area contributed by atoms with Gasteiger partial charge in [0.15, 0.2) is 29.3 Å². The van der Waals surface area contributed by atoms with Crippen molar-refractivity contribution >= 4 is 28.8 Å². The quantitative estimate of drug-likeness (QED) is 0.117. The SMILES string of the molecule is CCNC(=O)[C@H]1O[C@@H](n2cnc3c(NCC(c4ccccc4)c4ccccc4)nc(C(=O)NCCc4nc[nH]c4C)nc32)[C@H](O)[C@@H]1O. The molecule has 3 aromatic heterocycles. The van der Waals surface area contributed by atoms with Gasteiger partial charge in [0.05, 0.1) is 18.3 Å². The molecule has 4 heterocycles. The first-order chi connectivity index (χ1) is 22.9. The molecule has 0 spiro atoms. The maximum atomic E-state index is 13.4. The lowest BCUT2D eigenvalue weighted by Gasteiger charge is -2.20. The number of aliphatic hydroxyl groups is 2. The normalized spacial score (nSPS) is 19.3. The van der Waals surface area contributed by atoms with Gasteiger partial charge in [-0.3, -0.25) is 14.2 Å². The average Bonchev–Trinajstić information content (AvgIpc) is 3.79. The molecular weight excluding hydrogens is 602 g/mol. The van der Waals surface area contributed by atoms with Crippen molar-refractivity contribution < 1.29 is 24.5 Å². The zero-order chi connectivity index (χ0) is 32.9. The van der Waals surface area contributed by atoms with Crippen molar-refractivity contribution in [2.75, 3.05) is 25.0 Å². The maximum Gasteiger partial charge on any atom is 0.289 e. The number of likely N-dealkylation sites (N-methyl/N-ethyl adjacent to an activating group) is 1. The number of aryl methyl sites for hydroxylation is 1. The van der Waals surface area contributed by atoms with Crippen molar-refractivity contribution in [3.05, 3.63) is 102 Å². The topological polar surface area (TPSA) is 192 Å². The molecule has 0 saturated carbocycles. The molecule has 244 valence electrons. The van der Waals surface area contributed by atoms with Crippen molar-refractivity contribution in [3.63, 3.8) is 0 Å². The van der Waals surface area contributed by atoms with E-state index in [1.165, 1.54) is 10.9 Å². The predicted molar refractivity (Wildman–Crippen MR) is 173 cm³/mol. The first kappa shape index (κ1) is 31.8. The summed E-state index contributed by atoms with van der Waals surface area (Å²) in [6.45, 7) is 4.68. The van der Waals surface area contributed by atoms with Crippen LogP contribution < -0.4 is 16.0 Å². The van der Waals surface area contributed by atoms with Crippen molar-refractivity contribution in [3.8, 4) is 0 Å². The maximum absolute atomic E-state index is 13.4. The van der Waals surface area contributed by atoms with E-state index in [4.69, 9.17) is 4.74 Å². The zero-order valence-electron chi connectivity index (χ0n) is 26.0. The van der Waals surface area contributed by atoms with Gasteiger partial charge < -0.3 is 35.9 Å². The van der Waals surface area contributed by atoms with Crippen LogP contribution in [0.25, 0.3) is 11.2 Å². The number of hydrogen-bond acceptors (Lipinski definition) is 10. The molecule has 14 nitrogen and oxygen atoms in total. The third kappa shape index (κ3) is 6.70. The van der Waals surface area contributed by atoms with Crippen molar-refractivity contribution in [1.29, 1.82) is 0 Å². The number of nitrogens with one attached hydrogen (secondary N) is 4. The van der Waals surface area contributed by atoms with Crippen LogP contribution in [-0.2, 0) is 16.0 Å². The summed E-state index contributed by atoms with van der Waals surface area (Å²) in [6.07, 6.45) is -1.98. The Bertz CT molecular complexity index is 1790. The van der Waals surface area contributed by atoms with Crippen LogP contribution in [0.15, 0.2) is 73.3 Å². The van der Waals surface area contributed by atoms with E-state index in [0.717, 1.165) is 22.5 Å². The molecule has 0 bridgehead atoms. The fraction of sp³-hybridized carbons (Fsp3) is 0.333. The number of aromatic amines is 1. The van der Waals surface area contributed by atoms with Crippen LogP contribution in [0.5, 0.6) is 0 Å². The highest BCUT2D eigenvalue weighted by Gasteiger charge is 2.47. The van der Waals surface area contributed by atoms with E-state index in [0.29, 0.717) is 37.4 Å². The molecule has 6 N–H and O–H groups in total. The van der Waals surface area contributed by atoms with Crippen LogP contribution in [0.4, 0.5) is 5.82 Å². The fourth-order valence-electron chi connectivity index (χ4n) is 5.72. The lowest BCUT2D eigenvalue weighted by atomic mass is 9.91. The highest BCUT2D eigenvalue weighted by atomic mass is 16.6. The van der Waals surface area contributed by atoms with Crippen LogP contribution in [0.3, 0.4) is 0 Å². The Morgan fingerprint density at radius 2 is 1.68 bits per heavy atom. The lowest BCUT2D eigenvalue weighted by Crippen LogP contribution is -2.42. The second-order valence-corrected chi connectivity index (χ2v) is 11.3. The predicted octanol–water partition coefficient (Wildman–Crippen LogP) is 1.83. The molecule has 1 aliphatic rings. The first-order valence-corrected chi connectivity index (χ1v) is 15.5. The smallest absolute Gasteiger partial charge is 0.289 e. The Hall–Kier alpha value is -5.18. The van der Waals surface area contributed by atoms with Gasteiger partial charge >= 0.3 is 0 Å². The van der Waals surface area contributed by atoms with E-state index >= 15 is 0 Å². The minimum Gasteiger partial charge on any atom is -0.387 e. The number of imidazole rings is 2. The summed E-state index contributed by atoms with van der Waals surface area (Å²) in [6, 6.07) is 20.1. The molecule has 47 heavy (non-hydrogen) atoms. The highest BCUT2D eigenvalue weighted by molar-refractivity contribution is 5.94. The van der Waals surface area contributed by atoms with Crippen molar-refractivity contribution in [2.24, 2.45) is 0 Å². The number of fused-ring (bicyclic) bond motifs is 1. The zero-order valence-corrected chi connectivity index (χ0v) is 26.0. The van der Waals surface area contributed by atoms with Crippen LogP contribution in [0.2, 0.25) is 0 Å². The standard InChI is InChI=1S/C33H37N9O5/c1-3-34-31(45)27-25(43)26(44)33(47-27)42-18-39-24-28(36-16-22(20-10-6-4-7-11-20)21-12-8-5-9-13-21)40-29(41-30(24)42)32(46)35-15-14-23-19(2)37-17-38-23/h4-13,17-18,22,25-27,33,43-44H,3,14-16H2,1-2H3,(H,34,45)(H,35,46)(H,37,38)(H,36,40,41)/t25-,26+,27-,33+/m0/s1. The van der Waals surface area contributed by atoms with Gasteiger partial charge in [0.2, 0.25) is 5.82 Å². The van der Waals surface area contributed by atoms with Gasteiger partial charge in [-0.2, -0.15) is 0 Å². The number of nitrogens with zero attached hydrogens (tertiary/aromatic N) is 5. The number of hydrogen-bond donors (Lipinski definition) is 6. The minimum absolute atomic E-state index is 0.0631. The molecule has 2 aromatic carbocycles. The second kappa shape index (κ2) is 14.1. The summed E-state index contributed by atoms with van der Waals surface area (Å²) in [5.41, 5.74) is 4.42. The number of H-pyrrole nitrogens is 1. The highest BCUT2D eigenvalue weighted by Crippen LogP contribution is 2.33. The largest absolute Gasteiger partial charge is 0.387 e. The first-order valence-electron chi connectivity index (χ1n) is 15.5. The molecule has 0 radical (unpaired) electrons. The van der Waals surface area contributed by atoms with E-state index < -0.39 is 36.4 Å². The average molecular weight is 640 g/mol. The molecule has 0 aliphatic carbocycles. The molecular formula is C33H37N9O5. The van der Waals surface area contributed by atoms with Gasteiger partial charge in [-0.15, -0.1) is 0 Å². The second-order valence-electron chi connectivity index (χ2n) is 11.3. The molecule has 5 aromatic rings. The van der Waals surface area contributed by atoms with Gasteiger partial charge in [0.1, 0.15) is 12.2 Å². The number of rotatable bonds is 12. The van der Waals surface area contributed by atoms with Gasteiger partial charge in [-0.1, -0.05) is 60.7 Å². The van der Waals surface area contributed by atoms with Gasteiger partial charge in [-0.05, 0) is 25.0 Å². The summed E-state index contributed by atoms with van der Waals surface area (Å²) in [5, 5.41) is 30.5. The van der Waals surface area contributed by atoms with E-state index in [1.807, 2.05) is 43.3 Å². The molecule has 0 unspecified atom stereocenters. The fourth-order valence-corrected chi connectivity index (χ4v) is 5.72. The molecule has 2 amide bonds. The number of aliphatic hydroxyl groups excluding tert-OH is 2. The molecule has 1 aliphatic heterocycles. The molecule has 1 saturated heterocycles.